The summed E-state index contributed by atoms with van der Waals surface area (Å²) in [5.74, 6) is 1.12. The lowest BCUT2D eigenvalue weighted by Crippen LogP contribution is -2.33. The molecule has 0 aliphatic carbocycles. The molecule has 196 valence electrons. The number of carbonyl (C=O) groups excluding carboxylic acids is 1. The highest BCUT2D eigenvalue weighted by molar-refractivity contribution is 5.99. The smallest absolute Gasteiger partial charge is 0.261 e. The molecule has 11 nitrogen and oxygen atoms in total. The summed E-state index contributed by atoms with van der Waals surface area (Å²) in [4.78, 5) is 25.7. The van der Waals surface area contributed by atoms with Gasteiger partial charge in [-0.2, -0.15) is 4.98 Å². The van der Waals surface area contributed by atoms with Gasteiger partial charge in [-0.25, -0.2) is 9.97 Å². The Bertz CT molecular complexity index is 1480. The van der Waals surface area contributed by atoms with Crippen molar-refractivity contribution in [2.24, 2.45) is 0 Å². The number of hydrogen-bond acceptors (Lipinski definition) is 10. The summed E-state index contributed by atoms with van der Waals surface area (Å²) in [6.07, 6.45) is 1.56. The minimum Gasteiger partial charge on any atom is -0.394 e. The van der Waals surface area contributed by atoms with Crippen LogP contribution in [0.15, 0.2) is 59.3 Å². The Morgan fingerprint density at radius 2 is 1.84 bits per heavy atom. The van der Waals surface area contributed by atoms with Gasteiger partial charge < -0.3 is 30.7 Å². The topological polar surface area (TPSA) is 158 Å². The number of pyridine rings is 2. The summed E-state index contributed by atoms with van der Waals surface area (Å²) in [6, 6.07) is 14.3. The van der Waals surface area contributed by atoms with E-state index in [1.54, 1.807) is 38.2 Å². The van der Waals surface area contributed by atoms with Gasteiger partial charge in [0.2, 0.25) is 5.82 Å². The van der Waals surface area contributed by atoms with E-state index in [1.807, 2.05) is 44.2 Å². The van der Waals surface area contributed by atoms with Crippen LogP contribution in [0.4, 0.5) is 17.3 Å². The van der Waals surface area contributed by atoms with Gasteiger partial charge in [-0.15, -0.1) is 0 Å². The lowest BCUT2D eigenvalue weighted by atomic mass is 10.0. The summed E-state index contributed by atoms with van der Waals surface area (Å²) in [6.45, 7) is 6.76. The van der Waals surface area contributed by atoms with Crippen LogP contribution in [0.5, 0.6) is 0 Å². The Morgan fingerprint density at radius 3 is 2.53 bits per heavy atom. The van der Waals surface area contributed by atoms with Gasteiger partial charge >= 0.3 is 0 Å². The van der Waals surface area contributed by atoms with Crippen molar-refractivity contribution >= 4 is 23.2 Å². The van der Waals surface area contributed by atoms with E-state index >= 15 is 0 Å². The molecule has 0 fully saturated rings. The molecule has 1 aromatic carbocycles. The zero-order valence-electron chi connectivity index (χ0n) is 21.5. The van der Waals surface area contributed by atoms with Crippen LogP contribution in [0, 0.1) is 0 Å². The molecule has 1 aliphatic heterocycles. The molecule has 0 saturated carbocycles. The van der Waals surface area contributed by atoms with Crippen LogP contribution < -0.4 is 16.0 Å². The number of aliphatic hydroxyl groups excluding tert-OH is 1. The Morgan fingerprint density at radius 1 is 1.08 bits per heavy atom. The third kappa shape index (κ3) is 4.93. The van der Waals surface area contributed by atoms with E-state index in [4.69, 9.17) is 4.52 Å². The van der Waals surface area contributed by atoms with Gasteiger partial charge in [-0.05, 0) is 45.4 Å². The summed E-state index contributed by atoms with van der Waals surface area (Å²) < 4.78 is 5.45. The summed E-state index contributed by atoms with van der Waals surface area (Å²) in [7, 11) is 0. The Hall–Kier alpha value is -4.35. The molecule has 0 bridgehead atoms. The van der Waals surface area contributed by atoms with Crippen molar-refractivity contribution in [2.45, 2.75) is 44.9 Å². The number of fused-ring (bicyclic) bond motifs is 1. The van der Waals surface area contributed by atoms with Gasteiger partial charge in [0.15, 0.2) is 0 Å². The number of aliphatic hydroxyl groups is 2. The lowest BCUT2D eigenvalue weighted by molar-refractivity contribution is 0.0661. The van der Waals surface area contributed by atoms with E-state index in [1.165, 1.54) is 0 Å². The summed E-state index contributed by atoms with van der Waals surface area (Å²) in [5.41, 5.74) is 1.25. The maximum Gasteiger partial charge on any atom is 0.261 e. The third-order valence-electron chi connectivity index (χ3n) is 6.24. The van der Waals surface area contributed by atoms with E-state index in [2.05, 4.69) is 36.1 Å². The van der Waals surface area contributed by atoms with Gasteiger partial charge in [0, 0.05) is 12.3 Å². The van der Waals surface area contributed by atoms with E-state index in [0.29, 0.717) is 34.1 Å². The standard InChI is InChI=1S/C27H29N7O4/c1-26(2)22-16(23(36)33-26)10-11-20(31-22)30-21-12-18(29-19(14-35)15-8-6-5-7-9-15)17(13-28-21)24-32-25(34-38-24)27(3,4)37/h5-13,19,35,37H,14H2,1-4H3,(H,33,36)(H2,28,29,30,31)/t19-/m1/s1. The fourth-order valence-corrected chi connectivity index (χ4v) is 4.23. The van der Waals surface area contributed by atoms with E-state index in [0.717, 1.165) is 5.56 Å². The lowest BCUT2D eigenvalue weighted by Gasteiger charge is -2.20. The van der Waals surface area contributed by atoms with Crippen molar-refractivity contribution in [2.75, 3.05) is 17.2 Å². The molecule has 1 amide bonds. The molecule has 38 heavy (non-hydrogen) atoms. The normalized spacial score (nSPS) is 15.1. The zero-order chi connectivity index (χ0) is 27.1. The molecule has 4 aromatic rings. The molecule has 0 spiro atoms. The molecule has 3 aromatic heterocycles. The van der Waals surface area contributed by atoms with Crippen molar-refractivity contribution in [3.63, 3.8) is 0 Å². The first-order valence-electron chi connectivity index (χ1n) is 12.2. The number of amides is 1. The molecule has 0 unspecified atom stereocenters. The average molecular weight is 516 g/mol. The number of rotatable bonds is 8. The second-order valence-electron chi connectivity index (χ2n) is 10.2. The first-order valence-corrected chi connectivity index (χ1v) is 12.2. The van der Waals surface area contributed by atoms with Crippen molar-refractivity contribution in [1.29, 1.82) is 0 Å². The van der Waals surface area contributed by atoms with Crippen LogP contribution in [0.2, 0.25) is 0 Å². The highest BCUT2D eigenvalue weighted by Crippen LogP contribution is 2.34. The minimum absolute atomic E-state index is 0.135. The van der Waals surface area contributed by atoms with Gasteiger partial charge in [-0.3, -0.25) is 4.79 Å². The number of carbonyl (C=O) groups is 1. The summed E-state index contributed by atoms with van der Waals surface area (Å²) in [5, 5.41) is 33.8. The van der Waals surface area contributed by atoms with Gasteiger partial charge in [0.05, 0.1) is 40.7 Å². The second kappa shape index (κ2) is 9.51. The van der Waals surface area contributed by atoms with Crippen LogP contribution in [0.3, 0.4) is 0 Å². The maximum absolute atomic E-state index is 12.2. The zero-order valence-corrected chi connectivity index (χ0v) is 21.5. The summed E-state index contributed by atoms with van der Waals surface area (Å²) >= 11 is 0. The maximum atomic E-state index is 12.2. The molecule has 0 radical (unpaired) electrons. The van der Waals surface area contributed by atoms with Crippen LogP contribution in [-0.2, 0) is 11.1 Å². The molecule has 1 atom stereocenters. The number of anilines is 3. The fourth-order valence-electron chi connectivity index (χ4n) is 4.23. The van der Waals surface area contributed by atoms with E-state index < -0.39 is 17.2 Å². The molecule has 11 heteroatoms. The second-order valence-corrected chi connectivity index (χ2v) is 10.2. The van der Waals surface area contributed by atoms with E-state index in [9.17, 15) is 15.0 Å². The molecular formula is C27H29N7O4. The largest absolute Gasteiger partial charge is 0.394 e. The number of aromatic nitrogens is 4. The van der Waals surface area contributed by atoms with Crippen LogP contribution in [-0.4, -0.2) is 42.8 Å². The van der Waals surface area contributed by atoms with Crippen molar-refractivity contribution < 1.29 is 19.5 Å². The quantitative estimate of drug-likeness (QED) is 0.235. The monoisotopic (exact) mass is 515 g/mol. The van der Waals surface area contributed by atoms with Gasteiger partial charge in [0.25, 0.3) is 11.8 Å². The average Bonchev–Trinajstić information content (AvgIpc) is 3.46. The predicted octanol–water partition coefficient (Wildman–Crippen LogP) is 3.62. The number of hydrogen-bond donors (Lipinski definition) is 5. The van der Waals surface area contributed by atoms with Gasteiger partial charge in [-0.1, -0.05) is 35.5 Å². The number of benzene rings is 1. The molecule has 4 heterocycles. The Balaban J connectivity index is 1.52. The number of nitrogens with one attached hydrogen (secondary N) is 3. The minimum atomic E-state index is -1.29. The molecular weight excluding hydrogens is 486 g/mol. The van der Waals surface area contributed by atoms with Crippen LogP contribution >= 0.6 is 0 Å². The van der Waals surface area contributed by atoms with Crippen molar-refractivity contribution in [3.05, 3.63) is 77.4 Å². The van der Waals surface area contributed by atoms with Crippen molar-refractivity contribution in [1.82, 2.24) is 25.4 Å². The molecule has 5 rings (SSSR count). The van der Waals surface area contributed by atoms with Crippen LogP contribution in [0.25, 0.3) is 11.5 Å². The highest BCUT2D eigenvalue weighted by Gasteiger charge is 2.36. The molecule has 1 aliphatic rings. The molecule has 0 saturated heterocycles. The Kier molecular flexibility index (Phi) is 6.33. The third-order valence-corrected chi connectivity index (χ3v) is 6.24. The van der Waals surface area contributed by atoms with E-state index in [-0.39, 0.29) is 24.2 Å². The first-order chi connectivity index (χ1) is 18.0. The van der Waals surface area contributed by atoms with Gasteiger partial charge in [0.1, 0.15) is 17.2 Å². The predicted molar refractivity (Wildman–Crippen MR) is 141 cm³/mol. The number of nitrogens with zero attached hydrogens (tertiary/aromatic N) is 4. The fraction of sp³-hybridized carbons (Fsp3) is 0.296. The molecule has 5 N–H and O–H groups in total. The Labute approximate surface area is 219 Å². The SMILES string of the molecule is CC(C)(O)c1noc(-c2cnc(Nc3ccc4c(n3)C(C)(C)NC4=O)cc2N[C@H](CO)c2ccccc2)n1. The van der Waals surface area contributed by atoms with Crippen molar-refractivity contribution in [3.8, 4) is 11.5 Å². The first kappa shape index (κ1) is 25.3. The van der Waals surface area contributed by atoms with Crippen LogP contribution in [0.1, 0.15) is 61.2 Å². The highest BCUT2D eigenvalue weighted by atomic mass is 16.5.